The Hall–Kier alpha value is -6.74. The van der Waals surface area contributed by atoms with E-state index in [1.165, 1.54) is 75.5 Å². The van der Waals surface area contributed by atoms with Crippen molar-refractivity contribution in [2.24, 2.45) is 0 Å². The fourth-order valence-electron chi connectivity index (χ4n) is 9.11. The molecule has 1 aliphatic carbocycles. The number of nitrogens with zero attached hydrogens (tertiary/aromatic N) is 1. The molecule has 1 atom stereocenters. The summed E-state index contributed by atoms with van der Waals surface area (Å²) in [6, 6.07) is 78.4. The van der Waals surface area contributed by atoms with Crippen molar-refractivity contribution in [3.8, 4) is 22.3 Å². The van der Waals surface area contributed by atoms with Gasteiger partial charge in [0.1, 0.15) is 0 Å². The van der Waals surface area contributed by atoms with E-state index >= 15 is 0 Å². The highest BCUT2D eigenvalue weighted by Crippen LogP contribution is 2.58. The van der Waals surface area contributed by atoms with Crippen LogP contribution in [0, 0.1) is 0 Å². The van der Waals surface area contributed by atoms with Gasteiger partial charge in [0, 0.05) is 36.9 Å². The van der Waals surface area contributed by atoms with Crippen LogP contribution >= 0.6 is 11.3 Å². The first kappa shape index (κ1) is 31.8. The van der Waals surface area contributed by atoms with Crippen LogP contribution < -0.4 is 4.90 Å². The fraction of sp³-hybridized carbons (Fsp3) is 0.0189. The molecule has 0 saturated carbocycles. The lowest BCUT2D eigenvalue weighted by Crippen LogP contribution is -2.28. The van der Waals surface area contributed by atoms with Crippen LogP contribution in [0.5, 0.6) is 0 Å². The van der Waals surface area contributed by atoms with Crippen LogP contribution in [-0.2, 0) is 5.41 Å². The van der Waals surface area contributed by atoms with E-state index in [-0.39, 0.29) is 0 Å². The van der Waals surface area contributed by atoms with Crippen LogP contribution in [0.25, 0.3) is 53.2 Å². The molecular formula is C53H35NS. The Bertz CT molecular complexity index is 3030. The van der Waals surface area contributed by atoms with Crippen LogP contribution in [-0.4, -0.2) is 0 Å². The second-order valence-corrected chi connectivity index (χ2v) is 15.5. The Morgan fingerprint density at radius 3 is 1.85 bits per heavy atom. The van der Waals surface area contributed by atoms with Gasteiger partial charge in [0.2, 0.25) is 0 Å². The summed E-state index contributed by atoms with van der Waals surface area (Å²) in [6.45, 7) is 0. The molecule has 0 fully saturated rings. The molecule has 0 bridgehead atoms. The number of hydrogen-bond donors (Lipinski definition) is 0. The van der Waals surface area contributed by atoms with Gasteiger partial charge in [-0.05, 0) is 92.4 Å². The maximum atomic E-state index is 2.48. The van der Waals surface area contributed by atoms with Gasteiger partial charge in [-0.25, -0.2) is 0 Å². The van der Waals surface area contributed by atoms with E-state index in [2.05, 4.69) is 217 Å². The Kier molecular flexibility index (Phi) is 7.33. The molecule has 1 unspecified atom stereocenters. The standard InChI is InChI=1S/C53H35NS/c1-3-14-36(15-4-1)37-26-29-41(30-27-37)54(50-24-13-17-38-16-7-8-20-43(38)50)42-31-33-45-44-21-9-11-23-48(44)53(49(45)35-42,39-18-5-2-6-19-39)40-28-32-47-46-22-10-12-25-51(46)55-52(47)34-40/h1-35H. The van der Waals surface area contributed by atoms with Crippen LogP contribution in [0.15, 0.2) is 212 Å². The SMILES string of the molecule is c1ccc(-c2ccc(N(c3ccc4c(c3)C(c3ccccc3)(c3ccc5c(c3)sc3ccccc35)c3ccccc3-4)c3cccc4ccccc34)cc2)cc1. The third kappa shape index (κ3) is 4.92. The van der Waals surface area contributed by atoms with Gasteiger partial charge in [-0.15, -0.1) is 11.3 Å². The summed E-state index contributed by atoms with van der Waals surface area (Å²) in [5.74, 6) is 0. The minimum absolute atomic E-state index is 0.533. The Morgan fingerprint density at radius 1 is 0.364 bits per heavy atom. The highest BCUT2D eigenvalue weighted by Gasteiger charge is 2.46. The molecule has 0 spiro atoms. The largest absolute Gasteiger partial charge is 0.310 e. The summed E-state index contributed by atoms with van der Waals surface area (Å²) in [4.78, 5) is 2.45. The highest BCUT2D eigenvalue weighted by molar-refractivity contribution is 7.25. The van der Waals surface area contributed by atoms with E-state index in [1.54, 1.807) is 0 Å². The zero-order valence-corrected chi connectivity index (χ0v) is 30.9. The van der Waals surface area contributed by atoms with Gasteiger partial charge in [0.25, 0.3) is 0 Å². The average Bonchev–Trinajstić information content (AvgIpc) is 3.78. The van der Waals surface area contributed by atoms with Crippen molar-refractivity contribution in [2.75, 3.05) is 4.90 Å². The summed E-state index contributed by atoms with van der Waals surface area (Å²) < 4.78 is 2.63. The van der Waals surface area contributed by atoms with E-state index in [4.69, 9.17) is 0 Å². The number of fused-ring (bicyclic) bond motifs is 7. The minimum atomic E-state index is -0.533. The first-order chi connectivity index (χ1) is 27.3. The van der Waals surface area contributed by atoms with Crippen molar-refractivity contribution in [2.45, 2.75) is 5.41 Å². The number of benzene rings is 9. The third-order valence-corrected chi connectivity index (χ3v) is 12.7. The van der Waals surface area contributed by atoms with E-state index < -0.39 is 5.41 Å². The molecule has 0 aliphatic heterocycles. The van der Waals surface area contributed by atoms with E-state index in [9.17, 15) is 0 Å². The lowest BCUT2D eigenvalue weighted by molar-refractivity contribution is 0.770. The summed E-state index contributed by atoms with van der Waals surface area (Å²) in [5, 5.41) is 5.07. The number of hydrogen-bond acceptors (Lipinski definition) is 2. The van der Waals surface area contributed by atoms with E-state index in [0.717, 1.165) is 17.1 Å². The summed E-state index contributed by atoms with van der Waals surface area (Å²) in [7, 11) is 0. The van der Waals surface area contributed by atoms with Crippen molar-refractivity contribution in [3.63, 3.8) is 0 Å². The molecule has 1 aromatic heterocycles. The molecule has 9 aromatic carbocycles. The van der Waals surface area contributed by atoms with E-state index in [1.807, 2.05) is 11.3 Å². The Morgan fingerprint density at radius 2 is 1.00 bits per heavy atom. The van der Waals surface area contributed by atoms with Gasteiger partial charge >= 0.3 is 0 Å². The smallest absolute Gasteiger partial charge is 0.0714 e. The quantitative estimate of drug-likeness (QED) is 0.166. The molecule has 0 N–H and O–H groups in total. The van der Waals surface area contributed by atoms with Crippen LogP contribution in [0.2, 0.25) is 0 Å². The molecule has 0 amide bonds. The van der Waals surface area contributed by atoms with Crippen LogP contribution in [0.3, 0.4) is 0 Å². The van der Waals surface area contributed by atoms with Crippen molar-refractivity contribution in [1.29, 1.82) is 0 Å². The number of anilines is 3. The fourth-order valence-corrected chi connectivity index (χ4v) is 10.3. The van der Waals surface area contributed by atoms with Crippen molar-refractivity contribution in [3.05, 3.63) is 235 Å². The van der Waals surface area contributed by atoms with Crippen molar-refractivity contribution < 1.29 is 0 Å². The second kappa shape index (κ2) is 12.7. The van der Waals surface area contributed by atoms with Gasteiger partial charge in [-0.1, -0.05) is 170 Å². The third-order valence-electron chi connectivity index (χ3n) is 11.5. The lowest BCUT2D eigenvalue weighted by Gasteiger charge is -2.35. The topological polar surface area (TPSA) is 3.24 Å². The van der Waals surface area contributed by atoms with Crippen LogP contribution in [0.4, 0.5) is 17.1 Å². The van der Waals surface area contributed by atoms with Crippen molar-refractivity contribution in [1.82, 2.24) is 0 Å². The predicted octanol–water partition coefficient (Wildman–Crippen LogP) is 14.7. The summed E-state index contributed by atoms with van der Waals surface area (Å²) in [5.41, 5.74) is 13.0. The van der Waals surface area contributed by atoms with Gasteiger partial charge in [0.05, 0.1) is 11.1 Å². The molecule has 0 radical (unpaired) electrons. The van der Waals surface area contributed by atoms with Gasteiger partial charge in [-0.3, -0.25) is 0 Å². The van der Waals surface area contributed by atoms with Crippen LogP contribution in [0.1, 0.15) is 22.3 Å². The summed E-state index contributed by atoms with van der Waals surface area (Å²) >= 11 is 1.89. The average molecular weight is 718 g/mol. The first-order valence-electron chi connectivity index (χ1n) is 18.9. The van der Waals surface area contributed by atoms with Gasteiger partial charge in [0.15, 0.2) is 0 Å². The Labute approximate surface area is 325 Å². The monoisotopic (exact) mass is 717 g/mol. The molecule has 55 heavy (non-hydrogen) atoms. The maximum Gasteiger partial charge on any atom is 0.0714 e. The zero-order chi connectivity index (χ0) is 36.3. The Balaban J connectivity index is 1.18. The lowest BCUT2D eigenvalue weighted by atomic mass is 9.67. The highest BCUT2D eigenvalue weighted by atomic mass is 32.1. The predicted molar refractivity (Wildman–Crippen MR) is 234 cm³/mol. The van der Waals surface area contributed by atoms with Gasteiger partial charge < -0.3 is 4.90 Å². The van der Waals surface area contributed by atoms with Crippen molar-refractivity contribution >= 4 is 59.3 Å². The molecule has 0 saturated heterocycles. The molecule has 10 aromatic rings. The zero-order valence-electron chi connectivity index (χ0n) is 30.1. The molecule has 11 rings (SSSR count). The molecule has 1 nitrogen and oxygen atoms in total. The molecular weight excluding hydrogens is 683 g/mol. The van der Waals surface area contributed by atoms with Gasteiger partial charge in [-0.2, -0.15) is 0 Å². The number of thiophene rings is 1. The molecule has 1 heterocycles. The first-order valence-corrected chi connectivity index (χ1v) is 19.7. The molecule has 258 valence electrons. The second-order valence-electron chi connectivity index (χ2n) is 14.4. The maximum absolute atomic E-state index is 2.48. The minimum Gasteiger partial charge on any atom is -0.310 e. The van der Waals surface area contributed by atoms with E-state index in [0.29, 0.717) is 0 Å². The molecule has 2 heteroatoms. The molecule has 1 aliphatic rings. The number of rotatable bonds is 6. The summed E-state index contributed by atoms with van der Waals surface area (Å²) in [6.07, 6.45) is 0. The normalized spacial score (nSPS) is 14.6.